The first-order valence-electron chi connectivity index (χ1n) is 9.05. The Labute approximate surface area is 181 Å². The number of fused-ring (bicyclic) bond motifs is 1. The summed E-state index contributed by atoms with van der Waals surface area (Å²) in [6.45, 7) is 0.841. The number of rotatable bonds is 8. The number of nitrogens with one attached hydrogen (secondary N) is 2. The third-order valence-corrected chi connectivity index (χ3v) is 6.52. The van der Waals surface area contributed by atoms with E-state index in [1.165, 1.54) is 37.3 Å². The third-order valence-electron chi connectivity index (χ3n) is 4.34. The predicted octanol–water partition coefficient (Wildman–Crippen LogP) is 0.747. The second kappa shape index (κ2) is 8.72. The van der Waals surface area contributed by atoms with Crippen molar-refractivity contribution >= 4 is 37.0 Å². The minimum absolute atomic E-state index is 0.0710. The minimum atomic E-state index is -3.99. The van der Waals surface area contributed by atoms with Crippen molar-refractivity contribution < 1.29 is 29.8 Å². The fourth-order valence-corrected chi connectivity index (χ4v) is 3.75. The molecule has 0 unspecified atom stereocenters. The number of benzene rings is 2. The summed E-state index contributed by atoms with van der Waals surface area (Å²) < 4.78 is 75.7. The van der Waals surface area contributed by atoms with Crippen molar-refractivity contribution in [1.29, 1.82) is 0 Å². The molecule has 3 aromatic rings. The van der Waals surface area contributed by atoms with Gasteiger partial charge in [0.2, 0.25) is 0 Å². The van der Waals surface area contributed by atoms with Crippen molar-refractivity contribution in [3.63, 3.8) is 0 Å². The van der Waals surface area contributed by atoms with Gasteiger partial charge in [0.25, 0.3) is 15.8 Å². The second-order valence-corrected chi connectivity index (χ2v) is 9.91. The molecule has 32 heavy (non-hydrogen) atoms. The van der Waals surface area contributed by atoms with Crippen LogP contribution in [-0.2, 0) is 26.9 Å². The minimum Gasteiger partial charge on any atom is -0.409 e. The van der Waals surface area contributed by atoms with E-state index in [-0.39, 0.29) is 33.7 Å². The van der Waals surface area contributed by atoms with E-state index in [1.807, 2.05) is 9.44 Å². The van der Waals surface area contributed by atoms with Gasteiger partial charge in [-0.25, -0.2) is 18.5 Å². The van der Waals surface area contributed by atoms with Crippen molar-refractivity contribution in [2.45, 2.75) is 13.5 Å². The summed E-state index contributed by atoms with van der Waals surface area (Å²) in [5.41, 5.74) is -1.56. The molecule has 0 fully saturated rings. The number of hydrogen-bond acceptors (Lipinski definition) is 8. The van der Waals surface area contributed by atoms with Gasteiger partial charge in [0.15, 0.2) is 5.82 Å². The van der Waals surface area contributed by atoms with Gasteiger partial charge in [-0.3, -0.25) is 9.52 Å². The Kier molecular flexibility index (Phi) is 6.39. The largest absolute Gasteiger partial charge is 0.422 e. The van der Waals surface area contributed by atoms with Crippen molar-refractivity contribution in [2.75, 3.05) is 17.5 Å². The lowest BCUT2D eigenvalue weighted by Crippen LogP contribution is -2.33. The Morgan fingerprint density at radius 1 is 1.12 bits per heavy atom. The molecule has 0 spiro atoms. The van der Waals surface area contributed by atoms with Crippen LogP contribution in [0, 0.1) is 5.82 Å². The van der Waals surface area contributed by atoms with Crippen LogP contribution in [0.3, 0.4) is 0 Å². The van der Waals surface area contributed by atoms with Crippen LogP contribution < -0.4 is 24.9 Å². The fourth-order valence-electron chi connectivity index (χ4n) is 2.68. The standard InChI is InChI=1S/C18H18FN3O8S2/c1-3-31(25,26)30-12-7-8-13-15(9-12)29-18(24)22(17(13)23)10-11-5-4-6-14(16(11)19)21-32(27,28)20-2/h4-9,20-21H,3,10H2,1-2H3. The van der Waals surface area contributed by atoms with E-state index >= 15 is 0 Å². The zero-order valence-corrected chi connectivity index (χ0v) is 18.4. The van der Waals surface area contributed by atoms with Crippen molar-refractivity contribution in [1.82, 2.24) is 9.29 Å². The molecule has 1 heterocycles. The van der Waals surface area contributed by atoms with E-state index in [9.17, 15) is 30.8 Å². The van der Waals surface area contributed by atoms with Crippen LogP contribution >= 0.6 is 0 Å². The van der Waals surface area contributed by atoms with E-state index in [1.54, 1.807) is 0 Å². The molecule has 2 N–H and O–H groups in total. The monoisotopic (exact) mass is 487 g/mol. The van der Waals surface area contributed by atoms with Crippen LogP contribution in [0.25, 0.3) is 11.0 Å². The zero-order chi connectivity index (χ0) is 23.7. The van der Waals surface area contributed by atoms with Gasteiger partial charge >= 0.3 is 15.9 Å². The summed E-state index contributed by atoms with van der Waals surface area (Å²) in [5.74, 6) is -2.54. The molecule has 0 saturated heterocycles. The van der Waals surface area contributed by atoms with Gasteiger partial charge < -0.3 is 8.60 Å². The number of nitrogens with zero attached hydrogens (tertiary/aromatic N) is 1. The molecule has 0 aliphatic heterocycles. The Morgan fingerprint density at radius 3 is 2.50 bits per heavy atom. The molecule has 0 atom stereocenters. The fraction of sp³-hybridized carbons (Fsp3) is 0.222. The highest BCUT2D eigenvalue weighted by molar-refractivity contribution is 7.90. The van der Waals surface area contributed by atoms with Crippen LogP contribution in [0.4, 0.5) is 10.1 Å². The summed E-state index contributed by atoms with van der Waals surface area (Å²) in [4.78, 5) is 25.2. The second-order valence-electron chi connectivity index (χ2n) is 6.44. The molecule has 2 aromatic carbocycles. The Hall–Kier alpha value is -3.23. The number of hydrogen-bond donors (Lipinski definition) is 2. The first-order valence-corrected chi connectivity index (χ1v) is 12.1. The maximum atomic E-state index is 14.8. The Morgan fingerprint density at radius 2 is 1.84 bits per heavy atom. The SMILES string of the molecule is CCS(=O)(=O)Oc1ccc2c(=O)n(Cc3cccc(NS(=O)(=O)NC)c3F)c(=O)oc2c1. The van der Waals surface area contributed by atoms with Crippen molar-refractivity contribution in [3.8, 4) is 5.75 Å². The summed E-state index contributed by atoms with van der Waals surface area (Å²) in [7, 11) is -6.69. The Bertz CT molecular complexity index is 1510. The maximum Gasteiger partial charge on any atom is 0.422 e. The highest BCUT2D eigenvalue weighted by atomic mass is 32.2. The van der Waals surface area contributed by atoms with Crippen LogP contribution in [0.15, 0.2) is 50.4 Å². The molecule has 0 saturated carbocycles. The highest BCUT2D eigenvalue weighted by Crippen LogP contribution is 2.21. The first kappa shape index (κ1) is 23.4. The molecule has 11 nitrogen and oxygen atoms in total. The maximum absolute atomic E-state index is 14.8. The predicted molar refractivity (Wildman–Crippen MR) is 114 cm³/mol. The van der Waals surface area contributed by atoms with Crippen molar-refractivity contribution in [2.24, 2.45) is 0 Å². The molecule has 172 valence electrons. The van der Waals surface area contributed by atoms with Crippen molar-refractivity contribution in [3.05, 3.63) is 68.7 Å². The lowest BCUT2D eigenvalue weighted by atomic mass is 10.2. The average Bonchev–Trinajstić information content (AvgIpc) is 2.73. The molecule has 0 aliphatic rings. The molecule has 0 bridgehead atoms. The van der Waals surface area contributed by atoms with Crippen LogP contribution in [0.5, 0.6) is 5.75 Å². The van der Waals surface area contributed by atoms with Gasteiger partial charge in [-0.05, 0) is 25.1 Å². The normalized spacial score (nSPS) is 12.1. The van der Waals surface area contributed by atoms with E-state index in [4.69, 9.17) is 8.60 Å². The number of aromatic nitrogens is 1. The molecule has 0 radical (unpaired) electrons. The molecule has 0 amide bonds. The van der Waals surface area contributed by atoms with Gasteiger partial charge in [-0.1, -0.05) is 12.1 Å². The first-order chi connectivity index (χ1) is 15.0. The summed E-state index contributed by atoms with van der Waals surface area (Å²) >= 11 is 0. The van der Waals surface area contributed by atoms with Gasteiger partial charge in [0, 0.05) is 18.7 Å². The van der Waals surface area contributed by atoms with E-state index in [0.29, 0.717) is 4.57 Å². The van der Waals surface area contributed by atoms with Gasteiger partial charge in [-0.2, -0.15) is 16.8 Å². The van der Waals surface area contributed by atoms with E-state index in [2.05, 4.69) is 0 Å². The molecule has 3 rings (SSSR count). The van der Waals surface area contributed by atoms with Crippen LogP contribution in [0.1, 0.15) is 12.5 Å². The summed E-state index contributed by atoms with van der Waals surface area (Å²) in [5, 5.41) is -0.0710. The third kappa shape index (κ3) is 4.98. The molecular weight excluding hydrogens is 469 g/mol. The molecule has 14 heteroatoms. The highest BCUT2D eigenvalue weighted by Gasteiger charge is 2.18. The quantitative estimate of drug-likeness (QED) is 0.441. The van der Waals surface area contributed by atoms with E-state index < -0.39 is 44.0 Å². The summed E-state index contributed by atoms with van der Waals surface area (Å²) in [6.07, 6.45) is 0. The smallest absolute Gasteiger partial charge is 0.409 e. The molecular formula is C18H18FN3O8S2. The Balaban J connectivity index is 2.02. The van der Waals surface area contributed by atoms with Crippen LogP contribution in [0.2, 0.25) is 0 Å². The topological polar surface area (TPSA) is 154 Å². The van der Waals surface area contributed by atoms with Gasteiger partial charge in [-0.15, -0.1) is 0 Å². The van der Waals surface area contributed by atoms with Gasteiger partial charge in [0.05, 0.1) is 23.4 Å². The average molecular weight is 487 g/mol. The summed E-state index contributed by atoms with van der Waals surface area (Å²) in [6, 6.07) is 7.31. The van der Waals surface area contributed by atoms with E-state index in [0.717, 1.165) is 13.1 Å². The molecule has 0 aliphatic carbocycles. The lowest BCUT2D eigenvalue weighted by molar-refractivity contribution is 0.463. The number of halogens is 1. The van der Waals surface area contributed by atoms with Crippen LogP contribution in [-0.4, -0.2) is 34.2 Å². The lowest BCUT2D eigenvalue weighted by Gasteiger charge is -2.11. The number of anilines is 1. The zero-order valence-electron chi connectivity index (χ0n) is 16.8. The van der Waals surface area contributed by atoms with Gasteiger partial charge in [0.1, 0.15) is 11.3 Å². The molecule has 1 aromatic heterocycles.